The van der Waals surface area contributed by atoms with Crippen molar-refractivity contribution in [1.82, 2.24) is 0 Å². The molecule has 0 radical (unpaired) electrons. The molecule has 0 aromatic heterocycles. The molecule has 1 aromatic carbocycles. The van der Waals surface area contributed by atoms with Gasteiger partial charge in [-0.25, -0.2) is 0 Å². The lowest BCUT2D eigenvalue weighted by Crippen LogP contribution is -2.16. The second-order valence-electron chi connectivity index (χ2n) is 5.55. The molecule has 0 unspecified atom stereocenters. The highest BCUT2D eigenvalue weighted by Crippen LogP contribution is 2.43. The van der Waals surface area contributed by atoms with Crippen molar-refractivity contribution in [2.24, 2.45) is 0 Å². The van der Waals surface area contributed by atoms with E-state index in [0.29, 0.717) is 10.6 Å². The highest BCUT2D eigenvalue weighted by atomic mass is 35.5. The molecule has 0 spiro atoms. The molecular formula is C17H15ClO4. The average molecular weight is 319 g/mol. The first-order valence-corrected chi connectivity index (χ1v) is 7.52. The van der Waals surface area contributed by atoms with E-state index in [-0.39, 0.29) is 59.9 Å². The standard InChI is InChI=1S/C17H15ClO4/c18-10-3-1-9(2-4-10)15(16-11(19)5-6-12(16)20)17-13(21)7-8-14(17)22/h1-4,15,19,21H,5-8H2. The average Bonchev–Trinajstić information content (AvgIpc) is 2.99. The second kappa shape index (κ2) is 5.61. The fraction of sp³-hybridized carbons (Fsp3) is 0.294. The lowest BCUT2D eigenvalue weighted by Gasteiger charge is -2.20. The van der Waals surface area contributed by atoms with Crippen LogP contribution in [0.3, 0.4) is 0 Å². The molecule has 4 nitrogen and oxygen atoms in total. The summed E-state index contributed by atoms with van der Waals surface area (Å²) < 4.78 is 0. The molecule has 0 aliphatic heterocycles. The molecule has 0 bridgehead atoms. The molecule has 2 aliphatic carbocycles. The molecule has 2 N–H and O–H groups in total. The van der Waals surface area contributed by atoms with Gasteiger partial charge in [0.05, 0.1) is 0 Å². The zero-order chi connectivity index (χ0) is 15.9. The summed E-state index contributed by atoms with van der Waals surface area (Å²) in [5, 5.41) is 20.7. The van der Waals surface area contributed by atoms with Gasteiger partial charge >= 0.3 is 0 Å². The zero-order valence-electron chi connectivity index (χ0n) is 11.8. The summed E-state index contributed by atoms with van der Waals surface area (Å²) in [7, 11) is 0. The van der Waals surface area contributed by atoms with Crippen molar-refractivity contribution in [3.63, 3.8) is 0 Å². The van der Waals surface area contributed by atoms with Gasteiger partial charge in [-0.15, -0.1) is 0 Å². The highest BCUT2D eigenvalue weighted by molar-refractivity contribution is 6.30. The van der Waals surface area contributed by atoms with E-state index in [0.717, 1.165) is 0 Å². The molecule has 0 amide bonds. The van der Waals surface area contributed by atoms with Crippen molar-refractivity contribution in [2.75, 3.05) is 0 Å². The Morgan fingerprint density at radius 2 is 1.27 bits per heavy atom. The molecule has 114 valence electrons. The third kappa shape index (κ3) is 2.44. The lowest BCUT2D eigenvalue weighted by molar-refractivity contribution is -0.115. The number of Topliss-reactive ketones (excluding diaryl/α,β-unsaturated/α-hetero) is 2. The van der Waals surface area contributed by atoms with E-state index in [9.17, 15) is 19.8 Å². The van der Waals surface area contributed by atoms with Gasteiger partial charge in [0, 0.05) is 47.8 Å². The van der Waals surface area contributed by atoms with Gasteiger partial charge < -0.3 is 10.2 Å². The molecule has 22 heavy (non-hydrogen) atoms. The minimum Gasteiger partial charge on any atom is -0.512 e. The van der Waals surface area contributed by atoms with E-state index >= 15 is 0 Å². The van der Waals surface area contributed by atoms with Crippen molar-refractivity contribution in [1.29, 1.82) is 0 Å². The quantitative estimate of drug-likeness (QED) is 0.889. The molecular weight excluding hydrogens is 304 g/mol. The van der Waals surface area contributed by atoms with Gasteiger partial charge in [0.1, 0.15) is 11.5 Å². The highest BCUT2D eigenvalue weighted by Gasteiger charge is 2.39. The van der Waals surface area contributed by atoms with Gasteiger partial charge in [0.15, 0.2) is 11.6 Å². The van der Waals surface area contributed by atoms with E-state index in [2.05, 4.69) is 0 Å². The molecule has 0 saturated heterocycles. The number of aliphatic hydroxyl groups is 2. The van der Waals surface area contributed by atoms with Crippen molar-refractivity contribution in [3.8, 4) is 0 Å². The fourth-order valence-electron chi connectivity index (χ4n) is 3.11. The van der Waals surface area contributed by atoms with Crippen LogP contribution in [0.15, 0.2) is 46.9 Å². The monoisotopic (exact) mass is 318 g/mol. The summed E-state index contributed by atoms with van der Waals surface area (Å²) in [6.45, 7) is 0. The SMILES string of the molecule is O=C1CCC(O)=C1C(C1=C(O)CCC1=O)c1ccc(Cl)cc1. The second-order valence-corrected chi connectivity index (χ2v) is 5.99. The molecule has 2 aliphatic rings. The maximum absolute atomic E-state index is 12.2. The van der Waals surface area contributed by atoms with Crippen molar-refractivity contribution < 1.29 is 19.8 Å². The molecule has 1 aromatic rings. The van der Waals surface area contributed by atoms with E-state index in [4.69, 9.17) is 11.6 Å². The van der Waals surface area contributed by atoms with Gasteiger partial charge in [0.2, 0.25) is 0 Å². The maximum atomic E-state index is 12.2. The summed E-state index contributed by atoms with van der Waals surface area (Å²) in [6.07, 6.45) is 1.02. The van der Waals surface area contributed by atoms with Crippen LogP contribution in [0, 0.1) is 0 Å². The summed E-state index contributed by atoms with van der Waals surface area (Å²) in [5.41, 5.74) is 1.11. The first kappa shape index (κ1) is 14.9. The van der Waals surface area contributed by atoms with E-state index in [1.165, 1.54) is 0 Å². The Kier molecular flexibility index (Phi) is 3.79. The van der Waals surface area contributed by atoms with Crippen LogP contribution in [-0.2, 0) is 9.59 Å². The molecule has 0 atom stereocenters. The topological polar surface area (TPSA) is 74.6 Å². The predicted molar refractivity (Wildman–Crippen MR) is 82.0 cm³/mol. The molecule has 5 heteroatoms. The third-order valence-electron chi connectivity index (χ3n) is 4.18. The number of aliphatic hydroxyl groups excluding tert-OH is 2. The van der Waals surface area contributed by atoms with E-state index < -0.39 is 5.92 Å². The van der Waals surface area contributed by atoms with Crippen molar-refractivity contribution in [2.45, 2.75) is 31.6 Å². The van der Waals surface area contributed by atoms with Crippen LogP contribution in [0.1, 0.15) is 37.2 Å². The van der Waals surface area contributed by atoms with Crippen LogP contribution in [0.5, 0.6) is 0 Å². The fourth-order valence-corrected chi connectivity index (χ4v) is 3.24. The Labute approximate surface area is 132 Å². The van der Waals surface area contributed by atoms with Crippen molar-refractivity contribution >= 4 is 23.2 Å². The number of ketones is 2. The third-order valence-corrected chi connectivity index (χ3v) is 4.43. The zero-order valence-corrected chi connectivity index (χ0v) is 12.6. The van der Waals surface area contributed by atoms with Crippen molar-refractivity contribution in [3.05, 3.63) is 57.5 Å². The normalized spacial score (nSPS) is 19.0. The Bertz CT molecular complexity index is 673. The molecule has 0 heterocycles. The lowest BCUT2D eigenvalue weighted by atomic mass is 9.82. The number of hydrogen-bond donors (Lipinski definition) is 2. The van der Waals surface area contributed by atoms with Gasteiger partial charge in [-0.05, 0) is 17.7 Å². The van der Waals surface area contributed by atoms with Crippen LogP contribution in [-0.4, -0.2) is 21.8 Å². The molecule has 0 saturated carbocycles. The summed E-state index contributed by atoms with van der Waals surface area (Å²) >= 11 is 5.89. The van der Waals surface area contributed by atoms with Crippen LogP contribution >= 0.6 is 11.6 Å². The van der Waals surface area contributed by atoms with Gasteiger partial charge in [-0.3, -0.25) is 9.59 Å². The summed E-state index contributed by atoms with van der Waals surface area (Å²) in [6, 6.07) is 6.76. The summed E-state index contributed by atoms with van der Waals surface area (Å²) in [5.74, 6) is -1.08. The number of benzene rings is 1. The van der Waals surface area contributed by atoms with Crippen LogP contribution in [0.25, 0.3) is 0 Å². The largest absolute Gasteiger partial charge is 0.512 e. The van der Waals surface area contributed by atoms with Crippen LogP contribution < -0.4 is 0 Å². The minimum absolute atomic E-state index is 0.00458. The number of halogens is 1. The minimum atomic E-state index is -0.720. The number of carbonyl (C=O) groups is 2. The Balaban J connectivity index is 2.17. The first-order valence-electron chi connectivity index (χ1n) is 7.15. The number of hydrogen-bond acceptors (Lipinski definition) is 4. The van der Waals surface area contributed by atoms with Gasteiger partial charge in [-0.1, -0.05) is 23.7 Å². The number of allylic oxidation sites excluding steroid dienone is 4. The van der Waals surface area contributed by atoms with Gasteiger partial charge in [0.25, 0.3) is 0 Å². The van der Waals surface area contributed by atoms with E-state index in [1.807, 2.05) is 0 Å². The Morgan fingerprint density at radius 3 is 1.64 bits per heavy atom. The smallest absolute Gasteiger partial charge is 0.163 e. The Hall–Kier alpha value is -2.07. The van der Waals surface area contributed by atoms with E-state index in [1.54, 1.807) is 24.3 Å². The predicted octanol–water partition coefficient (Wildman–Crippen LogP) is 3.77. The van der Waals surface area contributed by atoms with Crippen LogP contribution in [0.2, 0.25) is 5.02 Å². The first-order chi connectivity index (χ1) is 10.5. The number of carbonyl (C=O) groups excluding carboxylic acids is 2. The maximum Gasteiger partial charge on any atom is 0.163 e. The number of rotatable bonds is 3. The molecule has 0 fully saturated rings. The van der Waals surface area contributed by atoms with Gasteiger partial charge in [-0.2, -0.15) is 0 Å². The van der Waals surface area contributed by atoms with Crippen LogP contribution in [0.4, 0.5) is 0 Å². The summed E-state index contributed by atoms with van der Waals surface area (Å²) in [4.78, 5) is 24.4. The Morgan fingerprint density at radius 1 is 0.818 bits per heavy atom. The molecule has 3 rings (SSSR count).